The zero-order valence-corrected chi connectivity index (χ0v) is 14.2. The maximum atomic E-state index is 12.4. The van der Waals surface area contributed by atoms with Gasteiger partial charge in [-0.15, -0.1) is 0 Å². The molecule has 7 heteroatoms. The van der Waals surface area contributed by atoms with Gasteiger partial charge < -0.3 is 19.9 Å². The summed E-state index contributed by atoms with van der Waals surface area (Å²) in [7, 11) is 3.09. The predicted molar refractivity (Wildman–Crippen MR) is 94.5 cm³/mol. The normalized spacial score (nSPS) is 15.5. The minimum atomic E-state index is -0.396. The second kappa shape index (κ2) is 6.11. The molecule has 7 nitrogen and oxygen atoms in total. The molecule has 2 heterocycles. The van der Waals surface area contributed by atoms with Gasteiger partial charge in [-0.3, -0.25) is 9.89 Å². The average molecular weight is 351 g/mol. The topological polar surface area (TPSA) is 96.5 Å². The van der Waals surface area contributed by atoms with Crippen molar-refractivity contribution in [2.75, 3.05) is 14.2 Å². The smallest absolute Gasteiger partial charge is 0.270 e. The van der Waals surface area contributed by atoms with Gasteiger partial charge in [-0.2, -0.15) is 5.10 Å². The predicted octanol–water partition coefficient (Wildman–Crippen LogP) is 2.63. The average Bonchev–Trinajstić information content (AvgIpc) is 3.24. The molecule has 26 heavy (non-hydrogen) atoms. The lowest BCUT2D eigenvalue weighted by Gasteiger charge is -2.15. The number of aromatic amines is 1. The molecule has 0 spiro atoms. The first kappa shape index (κ1) is 16.0. The largest absolute Gasteiger partial charge is 0.504 e. The number of nitrogens with zero attached hydrogens (tertiary/aromatic N) is 1. The number of carbonyl (C=O) groups excluding carboxylic acids is 1. The van der Waals surface area contributed by atoms with E-state index in [1.807, 2.05) is 24.3 Å². The van der Waals surface area contributed by atoms with Crippen LogP contribution in [0.4, 0.5) is 0 Å². The third-order valence-corrected chi connectivity index (χ3v) is 4.48. The Labute approximate surface area is 149 Å². The molecule has 132 valence electrons. The summed E-state index contributed by atoms with van der Waals surface area (Å²) in [4.78, 5) is 12.4. The molecule has 1 amide bonds. The highest BCUT2D eigenvalue weighted by Gasteiger charge is 2.35. The number of amides is 1. The van der Waals surface area contributed by atoms with Crippen molar-refractivity contribution in [3.05, 3.63) is 59.3 Å². The number of aromatic hydroxyl groups is 1. The number of ether oxygens (including phenoxy) is 2. The molecule has 3 aromatic rings. The van der Waals surface area contributed by atoms with Crippen molar-refractivity contribution in [2.45, 2.75) is 6.04 Å². The van der Waals surface area contributed by atoms with Crippen LogP contribution < -0.4 is 14.8 Å². The lowest BCUT2D eigenvalue weighted by Crippen LogP contribution is -2.21. The first-order valence-corrected chi connectivity index (χ1v) is 8.03. The van der Waals surface area contributed by atoms with Crippen molar-refractivity contribution in [2.24, 2.45) is 0 Å². The number of benzene rings is 2. The Kier molecular flexibility index (Phi) is 3.76. The highest BCUT2D eigenvalue weighted by atomic mass is 16.5. The molecule has 1 unspecified atom stereocenters. The van der Waals surface area contributed by atoms with E-state index in [1.165, 1.54) is 7.11 Å². The zero-order valence-electron chi connectivity index (χ0n) is 14.2. The highest BCUT2D eigenvalue weighted by molar-refractivity contribution is 6.00. The van der Waals surface area contributed by atoms with Crippen LogP contribution in [0.5, 0.6) is 17.2 Å². The number of hydrogen-bond donors (Lipinski definition) is 3. The minimum Gasteiger partial charge on any atom is -0.504 e. The molecule has 1 aromatic heterocycles. The molecule has 1 aliphatic rings. The van der Waals surface area contributed by atoms with E-state index in [0.717, 1.165) is 16.7 Å². The van der Waals surface area contributed by atoms with Crippen molar-refractivity contribution in [3.63, 3.8) is 0 Å². The van der Waals surface area contributed by atoms with E-state index in [1.54, 1.807) is 25.3 Å². The Bertz CT molecular complexity index is 996. The summed E-state index contributed by atoms with van der Waals surface area (Å²) in [6, 6.07) is 12.1. The monoisotopic (exact) mass is 351 g/mol. The van der Waals surface area contributed by atoms with Gasteiger partial charge in [-0.1, -0.05) is 18.2 Å². The number of methoxy groups -OCH3 is 2. The van der Waals surface area contributed by atoms with Gasteiger partial charge in [0, 0.05) is 11.1 Å². The van der Waals surface area contributed by atoms with E-state index in [4.69, 9.17) is 9.47 Å². The summed E-state index contributed by atoms with van der Waals surface area (Å²) < 4.78 is 10.5. The van der Waals surface area contributed by atoms with E-state index < -0.39 is 6.04 Å². The van der Waals surface area contributed by atoms with E-state index in [-0.39, 0.29) is 11.7 Å². The van der Waals surface area contributed by atoms with Crippen LogP contribution >= 0.6 is 0 Å². The van der Waals surface area contributed by atoms with Gasteiger partial charge >= 0.3 is 0 Å². The minimum absolute atomic E-state index is 0.0426. The lowest BCUT2D eigenvalue weighted by atomic mass is 9.96. The molecule has 2 aromatic carbocycles. The van der Waals surface area contributed by atoms with Gasteiger partial charge in [0.2, 0.25) is 0 Å². The molecule has 1 aliphatic heterocycles. The summed E-state index contributed by atoms with van der Waals surface area (Å²) in [5, 5.41) is 20.0. The summed E-state index contributed by atoms with van der Waals surface area (Å²) >= 11 is 0. The van der Waals surface area contributed by atoms with Crippen LogP contribution in [0.2, 0.25) is 0 Å². The maximum absolute atomic E-state index is 12.4. The van der Waals surface area contributed by atoms with Gasteiger partial charge in [0.15, 0.2) is 11.5 Å². The molecule has 0 radical (unpaired) electrons. The Morgan fingerprint density at radius 3 is 2.73 bits per heavy atom. The lowest BCUT2D eigenvalue weighted by molar-refractivity contribution is 0.0955. The van der Waals surface area contributed by atoms with Crippen LogP contribution in [0, 0.1) is 0 Å². The number of hydrogen-bond acceptors (Lipinski definition) is 5. The fourth-order valence-electron chi connectivity index (χ4n) is 3.19. The van der Waals surface area contributed by atoms with Gasteiger partial charge in [0.05, 0.1) is 26.0 Å². The molecular formula is C19H17N3O4. The third kappa shape index (κ3) is 2.45. The molecule has 0 bridgehead atoms. The molecule has 0 saturated carbocycles. The van der Waals surface area contributed by atoms with Crippen molar-refractivity contribution < 1.29 is 19.4 Å². The second-order valence-corrected chi connectivity index (χ2v) is 5.93. The van der Waals surface area contributed by atoms with Crippen LogP contribution in [0.15, 0.2) is 42.5 Å². The summed E-state index contributed by atoms with van der Waals surface area (Å²) in [6.45, 7) is 0. The van der Waals surface area contributed by atoms with E-state index in [2.05, 4.69) is 15.5 Å². The molecule has 0 saturated heterocycles. The summed E-state index contributed by atoms with van der Waals surface area (Å²) in [5.74, 6) is 0.871. The number of fused-ring (bicyclic) bond motifs is 1. The SMILES string of the molecule is COc1cccc(-c2n[nH]c3c2C(c2ccc(O)c(OC)c2)NC3=O)c1. The van der Waals surface area contributed by atoms with Crippen LogP contribution in [0.1, 0.15) is 27.7 Å². The van der Waals surface area contributed by atoms with E-state index in [0.29, 0.717) is 22.9 Å². The third-order valence-electron chi connectivity index (χ3n) is 4.48. The maximum Gasteiger partial charge on any atom is 0.270 e. The number of H-pyrrole nitrogens is 1. The second-order valence-electron chi connectivity index (χ2n) is 5.93. The number of carbonyl (C=O) groups is 1. The van der Waals surface area contributed by atoms with Crippen LogP contribution in [0.25, 0.3) is 11.3 Å². The zero-order chi connectivity index (χ0) is 18.3. The van der Waals surface area contributed by atoms with Crippen LogP contribution in [-0.2, 0) is 0 Å². The summed E-state index contributed by atoms with van der Waals surface area (Å²) in [6.07, 6.45) is 0. The highest BCUT2D eigenvalue weighted by Crippen LogP contribution is 2.39. The van der Waals surface area contributed by atoms with Crippen molar-refractivity contribution >= 4 is 5.91 Å². The molecule has 0 aliphatic carbocycles. The molecule has 4 rings (SSSR count). The molecule has 3 N–H and O–H groups in total. The number of nitrogens with one attached hydrogen (secondary N) is 2. The van der Waals surface area contributed by atoms with Crippen LogP contribution in [0.3, 0.4) is 0 Å². The number of aromatic nitrogens is 2. The first-order valence-electron chi connectivity index (χ1n) is 8.03. The fraction of sp³-hybridized carbons (Fsp3) is 0.158. The standard InChI is InChI=1S/C19H17N3O4/c1-25-12-5-3-4-10(8-12)17-15-16(20-19(24)18(15)22-21-17)11-6-7-13(23)14(9-11)26-2/h3-9,16,23H,1-2H3,(H,20,24)(H,21,22). The first-order chi connectivity index (χ1) is 12.6. The van der Waals surface area contributed by atoms with Gasteiger partial charge in [0.25, 0.3) is 5.91 Å². The molecule has 1 atom stereocenters. The quantitative estimate of drug-likeness (QED) is 0.671. The molecule has 0 fully saturated rings. The fourth-order valence-corrected chi connectivity index (χ4v) is 3.19. The van der Waals surface area contributed by atoms with Gasteiger partial charge in [-0.25, -0.2) is 0 Å². The van der Waals surface area contributed by atoms with Crippen LogP contribution in [-0.4, -0.2) is 35.4 Å². The Hall–Kier alpha value is -3.48. The number of phenolic OH excluding ortho intramolecular Hbond substituents is 1. The Morgan fingerprint density at radius 2 is 1.96 bits per heavy atom. The Morgan fingerprint density at radius 1 is 1.12 bits per heavy atom. The molecular weight excluding hydrogens is 334 g/mol. The Balaban J connectivity index is 1.84. The number of phenols is 1. The van der Waals surface area contributed by atoms with E-state index >= 15 is 0 Å². The van der Waals surface area contributed by atoms with Gasteiger partial charge in [-0.05, 0) is 29.8 Å². The van der Waals surface area contributed by atoms with E-state index in [9.17, 15) is 9.90 Å². The number of rotatable bonds is 4. The van der Waals surface area contributed by atoms with Crippen molar-refractivity contribution in [1.29, 1.82) is 0 Å². The van der Waals surface area contributed by atoms with Crippen molar-refractivity contribution in [1.82, 2.24) is 15.5 Å². The summed E-state index contributed by atoms with van der Waals surface area (Å²) in [5.41, 5.74) is 3.50. The van der Waals surface area contributed by atoms with Crippen molar-refractivity contribution in [3.8, 4) is 28.5 Å². The van der Waals surface area contributed by atoms with Gasteiger partial charge in [0.1, 0.15) is 11.4 Å².